The lowest BCUT2D eigenvalue weighted by Crippen LogP contribution is -2.47. The predicted octanol–water partition coefficient (Wildman–Crippen LogP) is 4.79. The van der Waals surface area contributed by atoms with Crippen molar-refractivity contribution in [3.63, 3.8) is 0 Å². The molecule has 21 heavy (non-hydrogen) atoms. The number of halogens is 1. The lowest BCUT2D eigenvalue weighted by molar-refractivity contribution is -0.154. The average molecular weight is 353 g/mol. The maximum atomic E-state index is 11.1. The van der Waals surface area contributed by atoms with Crippen LogP contribution in [0.5, 0.6) is 0 Å². The number of hydrogen-bond acceptors (Lipinski definition) is 2. The maximum absolute atomic E-state index is 11.1. The van der Waals surface area contributed by atoms with E-state index in [9.17, 15) is 5.11 Å². The van der Waals surface area contributed by atoms with Crippen molar-refractivity contribution in [1.29, 1.82) is 0 Å². The first-order chi connectivity index (χ1) is 10.0. The summed E-state index contributed by atoms with van der Waals surface area (Å²) in [5.74, 6) is 0.283. The van der Waals surface area contributed by atoms with E-state index in [-0.39, 0.29) is 11.5 Å². The second-order valence-corrected chi connectivity index (χ2v) is 7.85. The van der Waals surface area contributed by atoms with E-state index in [1.165, 1.54) is 32.1 Å². The molecule has 1 aliphatic heterocycles. The summed E-state index contributed by atoms with van der Waals surface area (Å²) in [6.07, 6.45) is 8.15. The minimum absolute atomic E-state index is 0.0422. The van der Waals surface area contributed by atoms with Gasteiger partial charge in [-0.05, 0) is 56.2 Å². The van der Waals surface area contributed by atoms with Crippen LogP contribution in [0.2, 0.25) is 0 Å². The Morgan fingerprint density at radius 1 is 1.19 bits per heavy atom. The highest BCUT2D eigenvalue weighted by molar-refractivity contribution is 9.10. The number of ether oxygens (including phenoxy) is 1. The fourth-order valence-electron chi connectivity index (χ4n) is 4.08. The third kappa shape index (κ3) is 3.20. The fraction of sp³-hybridized carbons (Fsp3) is 0.667. The monoisotopic (exact) mass is 352 g/mol. The van der Waals surface area contributed by atoms with E-state index in [1.807, 2.05) is 31.2 Å². The van der Waals surface area contributed by atoms with Crippen molar-refractivity contribution in [2.45, 2.75) is 63.1 Å². The van der Waals surface area contributed by atoms with Gasteiger partial charge in [0.05, 0.1) is 11.2 Å². The summed E-state index contributed by atoms with van der Waals surface area (Å²) in [5, 5.41) is 11.1. The van der Waals surface area contributed by atoms with E-state index in [4.69, 9.17) is 4.74 Å². The number of hydrogen-bond donors (Lipinski definition) is 1. The van der Waals surface area contributed by atoms with Gasteiger partial charge in [0.2, 0.25) is 0 Å². The number of rotatable bonds is 2. The van der Waals surface area contributed by atoms with Crippen molar-refractivity contribution in [1.82, 2.24) is 0 Å². The summed E-state index contributed by atoms with van der Waals surface area (Å²) in [7, 11) is 0. The molecule has 3 heteroatoms. The van der Waals surface area contributed by atoms with Gasteiger partial charge in [-0.2, -0.15) is 0 Å². The molecule has 0 aromatic heterocycles. The number of aliphatic hydroxyl groups is 1. The Balaban J connectivity index is 1.79. The maximum Gasteiger partial charge on any atom is 0.0898 e. The first kappa shape index (κ1) is 15.5. The Morgan fingerprint density at radius 2 is 1.86 bits per heavy atom. The van der Waals surface area contributed by atoms with Crippen LogP contribution in [0, 0.1) is 5.92 Å². The van der Waals surface area contributed by atoms with E-state index in [1.54, 1.807) is 0 Å². The molecule has 1 aromatic carbocycles. The van der Waals surface area contributed by atoms with E-state index in [0.717, 1.165) is 29.5 Å². The minimum Gasteiger partial charge on any atom is -0.385 e. The van der Waals surface area contributed by atoms with E-state index >= 15 is 0 Å². The molecule has 1 saturated carbocycles. The van der Waals surface area contributed by atoms with Crippen molar-refractivity contribution in [3.8, 4) is 0 Å². The highest BCUT2D eigenvalue weighted by atomic mass is 79.9. The molecule has 2 aliphatic rings. The van der Waals surface area contributed by atoms with Gasteiger partial charge in [0.1, 0.15) is 0 Å². The normalized spacial score (nSPS) is 28.2. The molecule has 0 amide bonds. The summed E-state index contributed by atoms with van der Waals surface area (Å²) in [5.41, 5.74) is 0.290. The van der Waals surface area contributed by atoms with Gasteiger partial charge in [-0.1, -0.05) is 47.3 Å². The van der Waals surface area contributed by atoms with E-state index in [2.05, 4.69) is 15.9 Å². The van der Waals surface area contributed by atoms with Crippen LogP contribution >= 0.6 is 15.9 Å². The lowest BCUT2D eigenvalue weighted by atomic mass is 9.69. The molecular weight excluding hydrogens is 328 g/mol. The highest BCUT2D eigenvalue weighted by Crippen LogP contribution is 2.46. The van der Waals surface area contributed by atoms with Crippen molar-refractivity contribution in [2.75, 3.05) is 6.61 Å². The van der Waals surface area contributed by atoms with Crippen LogP contribution < -0.4 is 0 Å². The smallest absolute Gasteiger partial charge is 0.0898 e. The predicted molar refractivity (Wildman–Crippen MR) is 88.2 cm³/mol. The Labute approximate surface area is 136 Å². The summed E-state index contributed by atoms with van der Waals surface area (Å²) >= 11 is 3.46. The van der Waals surface area contributed by atoms with Crippen LogP contribution in [-0.2, 0) is 10.3 Å². The summed E-state index contributed by atoms with van der Waals surface area (Å²) in [4.78, 5) is 0. The molecule has 2 unspecified atom stereocenters. The Kier molecular flexibility index (Phi) is 4.45. The molecule has 2 atom stereocenters. The molecule has 2 fully saturated rings. The van der Waals surface area contributed by atoms with Gasteiger partial charge in [-0.15, -0.1) is 0 Å². The van der Waals surface area contributed by atoms with Crippen molar-refractivity contribution >= 4 is 15.9 Å². The quantitative estimate of drug-likeness (QED) is 0.829. The van der Waals surface area contributed by atoms with Crippen LogP contribution in [0.15, 0.2) is 28.7 Å². The van der Waals surface area contributed by atoms with Crippen LogP contribution in [0.1, 0.15) is 57.4 Å². The molecular formula is C18H25BrO2. The van der Waals surface area contributed by atoms with E-state index < -0.39 is 5.60 Å². The van der Waals surface area contributed by atoms with E-state index in [0.29, 0.717) is 0 Å². The minimum atomic E-state index is -0.769. The molecule has 116 valence electrons. The molecule has 1 N–H and O–H groups in total. The van der Waals surface area contributed by atoms with Crippen LogP contribution in [0.25, 0.3) is 0 Å². The molecule has 3 rings (SSSR count). The Bertz CT molecular complexity index is 469. The molecule has 2 nitrogen and oxygen atoms in total. The van der Waals surface area contributed by atoms with Gasteiger partial charge < -0.3 is 9.84 Å². The second-order valence-electron chi connectivity index (χ2n) is 6.94. The topological polar surface area (TPSA) is 29.5 Å². The fourth-order valence-corrected chi connectivity index (χ4v) is 4.34. The van der Waals surface area contributed by atoms with Crippen molar-refractivity contribution < 1.29 is 9.84 Å². The Hall–Kier alpha value is -0.380. The zero-order chi connectivity index (χ0) is 14.9. The van der Waals surface area contributed by atoms with Crippen LogP contribution in [-0.4, -0.2) is 17.3 Å². The molecule has 0 radical (unpaired) electrons. The highest BCUT2D eigenvalue weighted by Gasteiger charge is 2.44. The first-order valence-electron chi connectivity index (χ1n) is 8.14. The van der Waals surface area contributed by atoms with Gasteiger partial charge in [-0.25, -0.2) is 0 Å². The van der Waals surface area contributed by atoms with Crippen molar-refractivity contribution in [2.24, 2.45) is 5.92 Å². The largest absolute Gasteiger partial charge is 0.385 e. The number of benzene rings is 1. The second kappa shape index (κ2) is 6.02. The Morgan fingerprint density at radius 3 is 2.52 bits per heavy atom. The zero-order valence-electron chi connectivity index (χ0n) is 12.8. The van der Waals surface area contributed by atoms with Gasteiger partial charge in [-0.3, -0.25) is 0 Å². The van der Waals surface area contributed by atoms with Gasteiger partial charge >= 0.3 is 0 Å². The molecule has 1 aliphatic carbocycles. The molecule has 1 spiro atoms. The molecule has 1 heterocycles. The molecule has 0 bridgehead atoms. The van der Waals surface area contributed by atoms with Gasteiger partial charge in [0.15, 0.2) is 0 Å². The SMILES string of the molecule is CC(O)(c1ccc(Br)cc1)C1CCOC2(CCCCC2)C1. The summed E-state index contributed by atoms with van der Waals surface area (Å²) in [6, 6.07) is 8.10. The van der Waals surface area contributed by atoms with Gasteiger partial charge in [0, 0.05) is 11.1 Å². The van der Waals surface area contributed by atoms with Crippen LogP contribution in [0.4, 0.5) is 0 Å². The lowest BCUT2D eigenvalue weighted by Gasteiger charge is -2.47. The molecule has 1 aromatic rings. The first-order valence-corrected chi connectivity index (χ1v) is 8.94. The standard InChI is InChI=1S/C18H25BrO2/c1-17(20,14-5-7-16(19)8-6-14)15-9-12-21-18(13-15)10-3-2-4-11-18/h5-8,15,20H,2-4,9-13H2,1H3. The third-order valence-electron chi connectivity index (χ3n) is 5.48. The van der Waals surface area contributed by atoms with Crippen LogP contribution in [0.3, 0.4) is 0 Å². The third-order valence-corrected chi connectivity index (χ3v) is 6.01. The summed E-state index contributed by atoms with van der Waals surface area (Å²) < 4.78 is 7.22. The average Bonchev–Trinajstić information content (AvgIpc) is 2.48. The zero-order valence-corrected chi connectivity index (χ0v) is 14.4. The molecule has 1 saturated heterocycles. The van der Waals surface area contributed by atoms with Crippen molar-refractivity contribution in [3.05, 3.63) is 34.3 Å². The van der Waals surface area contributed by atoms with Gasteiger partial charge in [0.25, 0.3) is 0 Å². The summed E-state index contributed by atoms with van der Waals surface area (Å²) in [6.45, 7) is 2.76.